The van der Waals surface area contributed by atoms with Gasteiger partial charge in [-0.2, -0.15) is 0 Å². The van der Waals surface area contributed by atoms with E-state index in [-0.39, 0.29) is 17.8 Å². The SMILES string of the molecule is COC1=C2C(=O)CC2C(OC)C=C1. The molecule has 3 nitrogen and oxygen atoms in total. The molecule has 2 aliphatic rings. The summed E-state index contributed by atoms with van der Waals surface area (Å²) in [6.07, 6.45) is 4.40. The zero-order valence-electron chi connectivity index (χ0n) is 7.74. The Morgan fingerprint density at radius 2 is 2.23 bits per heavy atom. The molecular weight excluding hydrogens is 168 g/mol. The number of rotatable bonds is 2. The van der Waals surface area contributed by atoms with Crippen LogP contribution in [-0.2, 0) is 14.3 Å². The summed E-state index contributed by atoms with van der Waals surface area (Å²) in [5, 5.41) is 0. The van der Waals surface area contributed by atoms with Gasteiger partial charge in [-0.05, 0) is 6.08 Å². The van der Waals surface area contributed by atoms with Gasteiger partial charge in [-0.3, -0.25) is 4.79 Å². The first-order chi connectivity index (χ1) is 6.27. The lowest BCUT2D eigenvalue weighted by Gasteiger charge is -2.36. The first kappa shape index (κ1) is 8.51. The first-order valence-corrected chi connectivity index (χ1v) is 4.30. The Labute approximate surface area is 77.0 Å². The molecule has 2 rings (SSSR count). The van der Waals surface area contributed by atoms with E-state index in [1.807, 2.05) is 12.2 Å². The monoisotopic (exact) mass is 180 g/mol. The molecule has 2 aliphatic carbocycles. The molecule has 0 N–H and O–H groups in total. The van der Waals surface area contributed by atoms with Crippen LogP contribution in [-0.4, -0.2) is 26.1 Å². The molecule has 13 heavy (non-hydrogen) atoms. The largest absolute Gasteiger partial charge is 0.496 e. The standard InChI is InChI=1S/C10H12O3/c1-12-8-3-4-9(13-2)10-6(8)5-7(10)11/h3-4,6,8H,5H2,1-2H3. The summed E-state index contributed by atoms with van der Waals surface area (Å²) in [5.74, 6) is 1.11. The van der Waals surface area contributed by atoms with Crippen LogP contribution in [0.1, 0.15) is 6.42 Å². The predicted molar refractivity (Wildman–Crippen MR) is 47.1 cm³/mol. The maximum absolute atomic E-state index is 11.3. The van der Waals surface area contributed by atoms with Gasteiger partial charge < -0.3 is 9.47 Å². The fourth-order valence-electron chi connectivity index (χ4n) is 1.91. The Morgan fingerprint density at radius 3 is 2.77 bits per heavy atom. The van der Waals surface area contributed by atoms with Crippen LogP contribution < -0.4 is 0 Å². The van der Waals surface area contributed by atoms with Crippen molar-refractivity contribution >= 4 is 5.78 Å². The van der Waals surface area contributed by atoms with Gasteiger partial charge in [0.25, 0.3) is 0 Å². The molecule has 0 aromatic heterocycles. The molecule has 0 aliphatic heterocycles. The minimum atomic E-state index is 0.0478. The Balaban J connectivity index is 2.30. The van der Waals surface area contributed by atoms with Gasteiger partial charge in [0.15, 0.2) is 5.78 Å². The highest BCUT2D eigenvalue weighted by Crippen LogP contribution is 2.40. The van der Waals surface area contributed by atoms with Crippen LogP contribution in [0, 0.1) is 5.92 Å². The molecule has 0 heterocycles. The number of hydrogen-bond acceptors (Lipinski definition) is 3. The average Bonchev–Trinajstić information content (AvgIpc) is 2.15. The van der Waals surface area contributed by atoms with Gasteiger partial charge >= 0.3 is 0 Å². The highest BCUT2D eigenvalue weighted by Gasteiger charge is 2.42. The van der Waals surface area contributed by atoms with Crippen LogP contribution >= 0.6 is 0 Å². The summed E-state index contributed by atoms with van der Waals surface area (Å²) in [4.78, 5) is 11.3. The van der Waals surface area contributed by atoms with Crippen molar-refractivity contribution < 1.29 is 14.3 Å². The molecule has 0 spiro atoms. The second-order valence-electron chi connectivity index (χ2n) is 3.28. The second-order valence-corrected chi connectivity index (χ2v) is 3.28. The van der Waals surface area contributed by atoms with Gasteiger partial charge in [0, 0.05) is 25.0 Å². The molecule has 1 saturated carbocycles. The summed E-state index contributed by atoms with van der Waals surface area (Å²) in [7, 11) is 3.25. The van der Waals surface area contributed by atoms with Crippen molar-refractivity contribution in [3.05, 3.63) is 23.5 Å². The van der Waals surface area contributed by atoms with Crippen molar-refractivity contribution in [2.24, 2.45) is 5.92 Å². The molecule has 0 aromatic carbocycles. The first-order valence-electron chi connectivity index (χ1n) is 4.30. The van der Waals surface area contributed by atoms with Crippen molar-refractivity contribution in [1.29, 1.82) is 0 Å². The Morgan fingerprint density at radius 1 is 1.46 bits per heavy atom. The Kier molecular flexibility index (Phi) is 1.96. The third-order valence-electron chi connectivity index (χ3n) is 2.67. The van der Waals surface area contributed by atoms with Gasteiger partial charge in [0.1, 0.15) is 5.76 Å². The van der Waals surface area contributed by atoms with E-state index in [0.29, 0.717) is 12.2 Å². The third kappa shape index (κ3) is 1.11. The lowest BCUT2D eigenvalue weighted by molar-refractivity contribution is -0.123. The number of carbonyl (C=O) groups excluding carboxylic acids is 1. The van der Waals surface area contributed by atoms with Crippen molar-refractivity contribution in [2.45, 2.75) is 12.5 Å². The van der Waals surface area contributed by atoms with Crippen molar-refractivity contribution in [2.75, 3.05) is 14.2 Å². The van der Waals surface area contributed by atoms with Crippen LogP contribution in [0.25, 0.3) is 0 Å². The number of carbonyl (C=O) groups is 1. The Bertz CT molecular complexity index is 301. The number of ether oxygens (including phenoxy) is 2. The fraction of sp³-hybridized carbons (Fsp3) is 0.500. The average molecular weight is 180 g/mol. The van der Waals surface area contributed by atoms with E-state index in [1.165, 1.54) is 0 Å². The lowest BCUT2D eigenvalue weighted by atomic mass is 9.71. The highest BCUT2D eigenvalue weighted by atomic mass is 16.5. The number of ketones is 1. The van der Waals surface area contributed by atoms with Gasteiger partial charge in [0.05, 0.1) is 13.2 Å². The maximum atomic E-state index is 11.3. The zero-order chi connectivity index (χ0) is 9.42. The van der Waals surface area contributed by atoms with Gasteiger partial charge in [-0.1, -0.05) is 6.08 Å². The highest BCUT2D eigenvalue weighted by molar-refractivity contribution is 6.04. The van der Waals surface area contributed by atoms with Gasteiger partial charge in [-0.25, -0.2) is 0 Å². The van der Waals surface area contributed by atoms with Gasteiger partial charge in [-0.15, -0.1) is 0 Å². The molecule has 0 radical (unpaired) electrons. The zero-order valence-corrected chi connectivity index (χ0v) is 7.74. The quantitative estimate of drug-likeness (QED) is 0.637. The molecule has 0 bridgehead atoms. The van der Waals surface area contributed by atoms with Crippen LogP contribution in [0.3, 0.4) is 0 Å². The van der Waals surface area contributed by atoms with E-state index in [1.54, 1.807) is 14.2 Å². The summed E-state index contributed by atoms with van der Waals surface area (Å²) < 4.78 is 10.3. The van der Waals surface area contributed by atoms with Crippen molar-refractivity contribution in [1.82, 2.24) is 0 Å². The molecule has 70 valence electrons. The van der Waals surface area contributed by atoms with Crippen LogP contribution in [0.5, 0.6) is 0 Å². The summed E-state index contributed by atoms with van der Waals surface area (Å²) >= 11 is 0. The molecule has 0 aromatic rings. The lowest BCUT2D eigenvalue weighted by Crippen LogP contribution is -2.40. The summed E-state index contributed by atoms with van der Waals surface area (Å²) in [5.41, 5.74) is 0.803. The number of methoxy groups -OCH3 is 2. The van der Waals surface area contributed by atoms with E-state index in [0.717, 1.165) is 5.57 Å². The van der Waals surface area contributed by atoms with Crippen molar-refractivity contribution in [3.63, 3.8) is 0 Å². The van der Waals surface area contributed by atoms with Crippen LogP contribution in [0.15, 0.2) is 23.5 Å². The molecule has 3 heteroatoms. The normalized spacial score (nSPS) is 31.4. The summed E-state index contributed by atoms with van der Waals surface area (Å²) in [6, 6.07) is 0. The second kappa shape index (κ2) is 3.00. The molecule has 2 atom stereocenters. The summed E-state index contributed by atoms with van der Waals surface area (Å²) in [6.45, 7) is 0. The molecule has 1 fully saturated rings. The number of Topliss-reactive ketones (excluding diaryl/α,β-unsaturated/α-hetero) is 1. The van der Waals surface area contributed by atoms with E-state index < -0.39 is 0 Å². The van der Waals surface area contributed by atoms with Crippen molar-refractivity contribution in [3.8, 4) is 0 Å². The maximum Gasteiger partial charge on any atom is 0.163 e. The number of hydrogen-bond donors (Lipinski definition) is 0. The van der Waals surface area contributed by atoms with E-state index in [2.05, 4.69) is 0 Å². The minimum absolute atomic E-state index is 0.0478. The van der Waals surface area contributed by atoms with E-state index in [4.69, 9.17) is 9.47 Å². The van der Waals surface area contributed by atoms with E-state index in [9.17, 15) is 4.79 Å². The number of allylic oxidation sites excluding steroid dienone is 1. The topological polar surface area (TPSA) is 35.5 Å². The third-order valence-corrected chi connectivity index (χ3v) is 2.67. The Hall–Kier alpha value is -1.09. The van der Waals surface area contributed by atoms with E-state index >= 15 is 0 Å². The van der Waals surface area contributed by atoms with Crippen LogP contribution in [0.2, 0.25) is 0 Å². The van der Waals surface area contributed by atoms with Gasteiger partial charge in [0.2, 0.25) is 0 Å². The molecule has 0 amide bonds. The fourth-order valence-corrected chi connectivity index (χ4v) is 1.91. The van der Waals surface area contributed by atoms with Crippen LogP contribution in [0.4, 0.5) is 0 Å². The molecular formula is C10H12O3. The minimum Gasteiger partial charge on any atom is -0.496 e. The smallest absolute Gasteiger partial charge is 0.163 e. The predicted octanol–water partition coefficient (Wildman–Crippen LogP) is 1.06. The molecule has 2 unspecified atom stereocenters. The molecule has 0 saturated heterocycles. The number of fused-ring (bicyclic) bond motifs is 1.